The number of hydrogen-bond acceptors (Lipinski definition) is 6. The fourth-order valence-electron chi connectivity index (χ4n) is 1.74. The molecular formula is C12H9ClF2N8. The third-order valence-corrected chi connectivity index (χ3v) is 3.03. The van der Waals surface area contributed by atoms with Crippen molar-refractivity contribution in [1.29, 1.82) is 0 Å². The monoisotopic (exact) mass is 338 g/mol. The Kier molecular flexibility index (Phi) is 4.00. The van der Waals surface area contributed by atoms with E-state index in [4.69, 9.17) is 17.4 Å². The summed E-state index contributed by atoms with van der Waals surface area (Å²) >= 11 is 5.42. The van der Waals surface area contributed by atoms with Crippen molar-refractivity contribution < 1.29 is 8.78 Å². The number of halogens is 3. The number of nitrogen functional groups attached to an aromatic ring is 1. The molecule has 11 heteroatoms. The van der Waals surface area contributed by atoms with E-state index in [0.29, 0.717) is 11.3 Å². The molecule has 0 fully saturated rings. The Morgan fingerprint density at radius 3 is 2.13 bits per heavy atom. The molecular weight excluding hydrogens is 330 g/mol. The van der Waals surface area contributed by atoms with Crippen molar-refractivity contribution in [2.45, 2.75) is 0 Å². The topological polar surface area (TPSA) is 98.4 Å². The molecule has 23 heavy (non-hydrogen) atoms. The van der Waals surface area contributed by atoms with E-state index in [1.807, 2.05) is 0 Å². The number of aromatic nitrogens is 6. The summed E-state index contributed by atoms with van der Waals surface area (Å²) in [6, 6.07) is 3.30. The van der Waals surface area contributed by atoms with Crippen molar-refractivity contribution >= 4 is 28.7 Å². The summed E-state index contributed by atoms with van der Waals surface area (Å²) < 4.78 is 28.3. The van der Waals surface area contributed by atoms with Gasteiger partial charge in [0.15, 0.2) is 33.9 Å². The van der Waals surface area contributed by atoms with Crippen LogP contribution in [0.1, 0.15) is 0 Å². The highest BCUT2D eigenvalue weighted by atomic mass is 35.5. The molecule has 4 rings (SSSR count). The second kappa shape index (κ2) is 6.10. The van der Waals surface area contributed by atoms with Crippen molar-refractivity contribution in [2.24, 2.45) is 5.84 Å². The molecule has 0 amide bonds. The molecule has 0 bridgehead atoms. The first-order valence-electron chi connectivity index (χ1n) is 6.20. The average molecular weight is 339 g/mol. The highest BCUT2D eigenvalue weighted by Gasteiger charge is 2.04. The van der Waals surface area contributed by atoms with E-state index in [-0.39, 0.29) is 11.0 Å². The molecule has 0 aliphatic heterocycles. The van der Waals surface area contributed by atoms with Gasteiger partial charge in [-0.2, -0.15) is 10.2 Å². The van der Waals surface area contributed by atoms with E-state index in [1.165, 1.54) is 33.8 Å². The summed E-state index contributed by atoms with van der Waals surface area (Å²) in [5, 5.41) is 7.45. The molecule has 4 aromatic rings. The van der Waals surface area contributed by atoms with Crippen LogP contribution in [0.2, 0.25) is 5.15 Å². The third kappa shape index (κ3) is 3.03. The van der Waals surface area contributed by atoms with Gasteiger partial charge in [0, 0.05) is 12.1 Å². The van der Waals surface area contributed by atoms with Gasteiger partial charge in [-0.25, -0.2) is 33.6 Å². The molecule has 0 aliphatic rings. The number of fused-ring (bicyclic) bond motifs is 2. The first-order valence-corrected chi connectivity index (χ1v) is 6.58. The number of nitrogens with two attached hydrogens (primary N) is 1. The van der Waals surface area contributed by atoms with Gasteiger partial charge in [-0.15, -0.1) is 0 Å². The lowest BCUT2D eigenvalue weighted by Gasteiger charge is -2.00. The van der Waals surface area contributed by atoms with Crippen LogP contribution in [-0.2, 0) is 0 Å². The van der Waals surface area contributed by atoms with Gasteiger partial charge < -0.3 is 5.43 Å². The largest absolute Gasteiger partial charge is 0.306 e. The van der Waals surface area contributed by atoms with Crippen LogP contribution < -0.4 is 11.3 Å². The van der Waals surface area contributed by atoms with Crippen molar-refractivity contribution in [3.63, 3.8) is 0 Å². The highest BCUT2D eigenvalue weighted by Crippen LogP contribution is 2.11. The minimum atomic E-state index is -0.567. The summed E-state index contributed by atoms with van der Waals surface area (Å²) in [7, 11) is 0. The third-order valence-electron chi connectivity index (χ3n) is 2.77. The summed E-state index contributed by atoms with van der Waals surface area (Å²) in [4.78, 5) is 7.57. The van der Waals surface area contributed by atoms with Gasteiger partial charge in [0.25, 0.3) is 0 Å². The summed E-state index contributed by atoms with van der Waals surface area (Å²) in [6.07, 6.45) is 5.45. The Hall–Kier alpha value is -2.85. The van der Waals surface area contributed by atoms with Crippen LogP contribution in [0.25, 0.3) is 11.3 Å². The maximum atomic E-state index is 12.9. The zero-order chi connectivity index (χ0) is 16.4. The molecule has 4 heterocycles. The fraction of sp³-hybridized carbons (Fsp3) is 0. The van der Waals surface area contributed by atoms with E-state index in [9.17, 15) is 8.78 Å². The van der Waals surface area contributed by atoms with Gasteiger partial charge in [-0.3, -0.25) is 0 Å². The van der Waals surface area contributed by atoms with Crippen LogP contribution in [0.15, 0.2) is 36.9 Å². The van der Waals surface area contributed by atoms with E-state index in [0.717, 1.165) is 0 Å². The number of nitrogens with zero attached hydrogens (tertiary/aromatic N) is 6. The second-order valence-electron chi connectivity index (χ2n) is 4.23. The van der Waals surface area contributed by atoms with Crippen LogP contribution in [-0.4, -0.2) is 29.2 Å². The van der Waals surface area contributed by atoms with Crippen LogP contribution in [0.4, 0.5) is 14.6 Å². The predicted octanol–water partition coefficient (Wildman–Crippen LogP) is 1.68. The van der Waals surface area contributed by atoms with Crippen molar-refractivity contribution in [3.05, 3.63) is 53.7 Å². The van der Waals surface area contributed by atoms with Crippen LogP contribution in [0.3, 0.4) is 0 Å². The zero-order valence-electron chi connectivity index (χ0n) is 11.4. The molecule has 0 radical (unpaired) electrons. The maximum absolute atomic E-state index is 12.9. The standard InChI is InChI=1S/C6H3ClFN3.C6H6FN5/c7-6-4(8)3-11-5(10-6)1-2-9-11;7-4-3-12-5(1-2-9-12)10-6(4)11-8/h1-3H;1-3H,8H2,(H,10,11). The van der Waals surface area contributed by atoms with Crippen LogP contribution in [0.5, 0.6) is 0 Å². The molecule has 0 aromatic carbocycles. The smallest absolute Gasteiger partial charge is 0.185 e. The van der Waals surface area contributed by atoms with Crippen molar-refractivity contribution in [3.8, 4) is 0 Å². The Balaban J connectivity index is 0.000000136. The lowest BCUT2D eigenvalue weighted by molar-refractivity contribution is 0.607. The average Bonchev–Trinajstić information content (AvgIpc) is 3.16. The van der Waals surface area contributed by atoms with Crippen molar-refractivity contribution in [1.82, 2.24) is 29.2 Å². The van der Waals surface area contributed by atoms with E-state index in [1.54, 1.807) is 12.1 Å². The summed E-state index contributed by atoms with van der Waals surface area (Å²) in [5.74, 6) is 3.94. The molecule has 0 aliphatic carbocycles. The molecule has 0 spiro atoms. The predicted molar refractivity (Wildman–Crippen MR) is 78.7 cm³/mol. The zero-order valence-corrected chi connectivity index (χ0v) is 12.1. The number of nitrogens with one attached hydrogen (secondary N) is 1. The van der Waals surface area contributed by atoms with Gasteiger partial charge in [0.1, 0.15) is 0 Å². The molecule has 3 N–H and O–H groups in total. The lowest BCUT2D eigenvalue weighted by Crippen LogP contribution is -2.11. The molecule has 0 unspecified atom stereocenters. The number of hydrazine groups is 1. The van der Waals surface area contributed by atoms with Gasteiger partial charge in [0.2, 0.25) is 0 Å². The van der Waals surface area contributed by atoms with Crippen molar-refractivity contribution in [2.75, 3.05) is 5.43 Å². The summed E-state index contributed by atoms with van der Waals surface area (Å²) in [5.41, 5.74) is 3.23. The quantitative estimate of drug-likeness (QED) is 0.311. The molecule has 0 saturated heterocycles. The highest BCUT2D eigenvalue weighted by molar-refractivity contribution is 6.29. The molecule has 118 valence electrons. The number of rotatable bonds is 1. The fourth-order valence-corrected chi connectivity index (χ4v) is 1.88. The van der Waals surface area contributed by atoms with E-state index in [2.05, 4.69) is 25.6 Å². The Bertz CT molecular complexity index is 930. The molecule has 8 nitrogen and oxygen atoms in total. The minimum absolute atomic E-state index is 0.0167. The Morgan fingerprint density at radius 2 is 1.52 bits per heavy atom. The number of hydrogen-bond donors (Lipinski definition) is 2. The summed E-state index contributed by atoms with van der Waals surface area (Å²) in [6.45, 7) is 0. The van der Waals surface area contributed by atoms with Gasteiger partial charge >= 0.3 is 0 Å². The minimum Gasteiger partial charge on any atom is -0.306 e. The second-order valence-corrected chi connectivity index (χ2v) is 4.59. The van der Waals surface area contributed by atoms with Gasteiger partial charge in [-0.1, -0.05) is 11.6 Å². The normalized spacial score (nSPS) is 10.6. The lowest BCUT2D eigenvalue weighted by atomic mass is 10.5. The Labute approximate surface area is 132 Å². The SMILES string of the molecule is Fc1cn2nccc2nc1Cl.NNc1nc2ccnn2cc1F. The molecule has 0 atom stereocenters. The molecule has 4 aromatic heterocycles. The first-order chi connectivity index (χ1) is 11.1. The van der Waals surface area contributed by atoms with E-state index >= 15 is 0 Å². The van der Waals surface area contributed by atoms with E-state index < -0.39 is 11.6 Å². The maximum Gasteiger partial charge on any atom is 0.185 e. The van der Waals surface area contributed by atoms with Gasteiger partial charge in [-0.05, 0) is 0 Å². The van der Waals surface area contributed by atoms with Gasteiger partial charge in [0.05, 0.1) is 24.8 Å². The first kappa shape index (κ1) is 15.1. The number of anilines is 1. The van der Waals surface area contributed by atoms with Crippen LogP contribution in [0, 0.1) is 11.6 Å². The van der Waals surface area contributed by atoms with Crippen LogP contribution >= 0.6 is 11.6 Å². The Morgan fingerprint density at radius 1 is 0.957 bits per heavy atom. The molecule has 0 saturated carbocycles.